The number of ether oxygens (including phenoxy) is 1. The highest BCUT2D eigenvalue weighted by atomic mass is 16.5. The number of carbonyl (C=O) groups excluding carboxylic acids is 2. The Morgan fingerprint density at radius 2 is 1.64 bits per heavy atom. The quantitative estimate of drug-likeness (QED) is 0.685. The van der Waals surface area contributed by atoms with Crippen molar-refractivity contribution in [3.8, 4) is 5.75 Å². The summed E-state index contributed by atoms with van der Waals surface area (Å²) in [5.41, 5.74) is 0.624. The number of hydrogen-bond donors (Lipinski definition) is 0. The Labute approximate surface area is 198 Å². The highest BCUT2D eigenvalue weighted by Crippen LogP contribution is 2.30. The second-order valence-electron chi connectivity index (χ2n) is 9.96. The minimum absolute atomic E-state index is 0.0141. The number of rotatable bonds is 2. The number of benzene rings is 1. The minimum Gasteiger partial charge on any atom is -0.487 e. The van der Waals surface area contributed by atoms with Crippen molar-refractivity contribution in [1.29, 1.82) is 0 Å². The van der Waals surface area contributed by atoms with Crippen LogP contribution in [0.1, 0.15) is 55.3 Å². The first-order valence-electron chi connectivity index (χ1n) is 12.7. The topological polar surface area (TPSA) is 56.3 Å². The molecule has 2 amide bonds. The molecule has 2 atom stereocenters. The zero-order valence-corrected chi connectivity index (χ0v) is 20.4. The highest BCUT2D eigenvalue weighted by molar-refractivity contribution is 5.96. The van der Waals surface area contributed by atoms with Crippen molar-refractivity contribution in [1.82, 2.24) is 19.6 Å². The van der Waals surface area contributed by atoms with Gasteiger partial charge in [0, 0.05) is 46.3 Å². The molecule has 4 rings (SSSR count). The molecule has 33 heavy (non-hydrogen) atoms. The van der Waals surface area contributed by atoms with Crippen LogP contribution in [0, 0.1) is 0 Å². The zero-order valence-electron chi connectivity index (χ0n) is 20.4. The van der Waals surface area contributed by atoms with E-state index < -0.39 is 0 Å². The van der Waals surface area contributed by atoms with Crippen molar-refractivity contribution >= 4 is 11.8 Å². The third kappa shape index (κ3) is 6.07. The van der Waals surface area contributed by atoms with Gasteiger partial charge in [-0.05, 0) is 57.7 Å². The Morgan fingerprint density at radius 3 is 2.45 bits per heavy atom. The Balaban J connectivity index is 1.56. The van der Waals surface area contributed by atoms with Gasteiger partial charge in [-0.2, -0.15) is 0 Å². The third-order valence-corrected chi connectivity index (χ3v) is 7.48. The summed E-state index contributed by atoms with van der Waals surface area (Å²) in [6.07, 6.45) is 6.94. The number of para-hydroxylation sites is 1. The lowest BCUT2D eigenvalue weighted by Gasteiger charge is -2.41. The summed E-state index contributed by atoms with van der Waals surface area (Å²) in [6, 6.07) is 7.67. The molecule has 1 aromatic carbocycles. The molecule has 1 saturated heterocycles. The molecule has 0 radical (unpaired) electrons. The van der Waals surface area contributed by atoms with Gasteiger partial charge in [-0.3, -0.25) is 14.5 Å². The Bertz CT molecular complexity index is 808. The molecule has 182 valence electrons. The fourth-order valence-corrected chi connectivity index (χ4v) is 5.36. The van der Waals surface area contributed by atoms with Crippen LogP contribution in [0.4, 0.5) is 0 Å². The molecule has 0 N–H and O–H groups in total. The van der Waals surface area contributed by atoms with E-state index in [0.717, 1.165) is 84.2 Å². The maximum atomic E-state index is 13.6. The summed E-state index contributed by atoms with van der Waals surface area (Å²) < 4.78 is 6.56. The molecule has 1 aliphatic carbocycles. The first-order valence-corrected chi connectivity index (χ1v) is 12.7. The molecule has 1 aromatic rings. The van der Waals surface area contributed by atoms with Gasteiger partial charge < -0.3 is 19.4 Å². The summed E-state index contributed by atoms with van der Waals surface area (Å²) in [4.78, 5) is 35.2. The van der Waals surface area contributed by atoms with E-state index >= 15 is 0 Å². The normalized spacial score (nSPS) is 26.3. The predicted octanol–water partition coefficient (Wildman–Crippen LogP) is 2.71. The van der Waals surface area contributed by atoms with Gasteiger partial charge in [-0.15, -0.1) is 0 Å². The number of hydrogen-bond acceptors (Lipinski definition) is 5. The molecule has 1 saturated carbocycles. The number of nitrogens with zero attached hydrogens (tertiary/aromatic N) is 4. The maximum Gasteiger partial charge on any atom is 0.257 e. The summed E-state index contributed by atoms with van der Waals surface area (Å²) in [6.45, 7) is 5.91. The standard InChI is InChI=1S/C26H40N4O3/c1-27-16-18-29(19-17-27)20-25(31)30-15-9-3-8-14-28(2)26(32)21-10-4-6-12-23(21)33-24-13-7-5-11-22(24)30/h4,6,10,12,22,24H,3,5,7-9,11,13-20H2,1-2H3/t22-,24+/m1/s1. The van der Waals surface area contributed by atoms with Gasteiger partial charge in [0.25, 0.3) is 5.91 Å². The molecule has 2 heterocycles. The fraction of sp³-hybridized carbons (Fsp3) is 0.692. The molecular formula is C26H40N4O3. The van der Waals surface area contributed by atoms with Crippen molar-refractivity contribution < 1.29 is 14.3 Å². The average molecular weight is 457 g/mol. The maximum absolute atomic E-state index is 13.6. The van der Waals surface area contributed by atoms with Crippen LogP contribution in [0.5, 0.6) is 5.75 Å². The lowest BCUT2D eigenvalue weighted by molar-refractivity contribution is -0.138. The van der Waals surface area contributed by atoms with Gasteiger partial charge in [0.05, 0.1) is 18.2 Å². The molecule has 3 aliphatic rings. The molecule has 2 fully saturated rings. The van der Waals surface area contributed by atoms with E-state index in [9.17, 15) is 9.59 Å². The van der Waals surface area contributed by atoms with E-state index in [1.54, 1.807) is 4.90 Å². The molecule has 0 aromatic heterocycles. The monoisotopic (exact) mass is 456 g/mol. The van der Waals surface area contributed by atoms with Crippen LogP contribution in [0.3, 0.4) is 0 Å². The molecule has 7 nitrogen and oxygen atoms in total. The highest BCUT2D eigenvalue weighted by Gasteiger charge is 2.35. The van der Waals surface area contributed by atoms with E-state index in [1.165, 1.54) is 0 Å². The Kier molecular flexibility index (Phi) is 8.25. The van der Waals surface area contributed by atoms with Crippen LogP contribution in [0.15, 0.2) is 24.3 Å². The molecular weight excluding hydrogens is 416 g/mol. The van der Waals surface area contributed by atoms with Crippen LogP contribution in [-0.2, 0) is 4.79 Å². The van der Waals surface area contributed by atoms with Gasteiger partial charge in [-0.25, -0.2) is 0 Å². The zero-order chi connectivity index (χ0) is 23.2. The number of likely N-dealkylation sites (N-methyl/N-ethyl adjacent to an activating group) is 1. The number of piperazine rings is 1. The van der Waals surface area contributed by atoms with Crippen molar-refractivity contribution in [2.45, 2.75) is 57.1 Å². The first-order chi connectivity index (χ1) is 16.0. The average Bonchev–Trinajstić information content (AvgIpc) is 2.83. The predicted molar refractivity (Wildman–Crippen MR) is 130 cm³/mol. The van der Waals surface area contributed by atoms with E-state index in [-0.39, 0.29) is 24.0 Å². The molecule has 0 unspecified atom stereocenters. The van der Waals surface area contributed by atoms with Gasteiger partial charge in [-0.1, -0.05) is 18.6 Å². The lowest BCUT2D eigenvalue weighted by atomic mass is 9.90. The third-order valence-electron chi connectivity index (χ3n) is 7.48. The number of carbonyl (C=O) groups is 2. The molecule has 0 spiro atoms. The fourth-order valence-electron chi connectivity index (χ4n) is 5.36. The largest absolute Gasteiger partial charge is 0.487 e. The first kappa shape index (κ1) is 24.0. The summed E-state index contributed by atoms with van der Waals surface area (Å²) >= 11 is 0. The molecule has 2 aliphatic heterocycles. The van der Waals surface area contributed by atoms with Crippen molar-refractivity contribution in [3.63, 3.8) is 0 Å². The SMILES string of the molecule is CN1CCN(CC(=O)N2CCCCCN(C)C(=O)c3ccccc3O[C@H]3CCCC[C@H]32)CC1. The molecule has 0 bridgehead atoms. The van der Waals surface area contributed by atoms with Crippen LogP contribution in [0.2, 0.25) is 0 Å². The summed E-state index contributed by atoms with van der Waals surface area (Å²) in [5, 5.41) is 0. The van der Waals surface area contributed by atoms with E-state index in [4.69, 9.17) is 4.74 Å². The van der Waals surface area contributed by atoms with Crippen LogP contribution >= 0.6 is 0 Å². The summed E-state index contributed by atoms with van der Waals surface area (Å²) in [5.74, 6) is 0.897. The van der Waals surface area contributed by atoms with Crippen LogP contribution in [0.25, 0.3) is 0 Å². The second-order valence-corrected chi connectivity index (χ2v) is 9.96. The molecule has 7 heteroatoms. The van der Waals surface area contributed by atoms with Gasteiger partial charge >= 0.3 is 0 Å². The van der Waals surface area contributed by atoms with Gasteiger partial charge in [0.1, 0.15) is 11.9 Å². The smallest absolute Gasteiger partial charge is 0.257 e. The van der Waals surface area contributed by atoms with E-state index in [1.807, 2.05) is 31.3 Å². The lowest BCUT2D eigenvalue weighted by Crippen LogP contribution is -2.55. The van der Waals surface area contributed by atoms with Crippen molar-refractivity contribution in [3.05, 3.63) is 29.8 Å². The van der Waals surface area contributed by atoms with E-state index in [0.29, 0.717) is 17.9 Å². The Hall–Kier alpha value is -2.12. The minimum atomic E-state index is -0.0739. The van der Waals surface area contributed by atoms with Crippen LogP contribution < -0.4 is 4.74 Å². The Morgan fingerprint density at radius 1 is 0.909 bits per heavy atom. The summed E-state index contributed by atoms with van der Waals surface area (Å²) in [7, 11) is 4.01. The van der Waals surface area contributed by atoms with Gasteiger partial charge in [0.2, 0.25) is 5.91 Å². The van der Waals surface area contributed by atoms with Crippen molar-refractivity contribution in [2.24, 2.45) is 0 Å². The van der Waals surface area contributed by atoms with Crippen LogP contribution in [-0.4, -0.2) is 103 Å². The number of amides is 2. The van der Waals surface area contributed by atoms with E-state index in [2.05, 4.69) is 21.7 Å². The van der Waals surface area contributed by atoms with Gasteiger partial charge in [0.15, 0.2) is 0 Å². The van der Waals surface area contributed by atoms with Crippen molar-refractivity contribution in [2.75, 3.05) is 59.9 Å². The second kappa shape index (κ2) is 11.3. The number of fused-ring (bicyclic) bond motifs is 2.